The number of benzene rings is 1. The predicted molar refractivity (Wildman–Crippen MR) is 71.9 cm³/mol. The first-order valence-electron chi connectivity index (χ1n) is 5.68. The van der Waals surface area contributed by atoms with Gasteiger partial charge in [0, 0.05) is 19.7 Å². The van der Waals surface area contributed by atoms with E-state index in [-0.39, 0.29) is 0 Å². The lowest BCUT2D eigenvalue weighted by Gasteiger charge is -2.08. The van der Waals surface area contributed by atoms with Crippen LogP contribution in [0.4, 0.5) is 11.6 Å². The van der Waals surface area contributed by atoms with Crippen molar-refractivity contribution in [3.05, 3.63) is 42.2 Å². The maximum atomic E-state index is 5.18. The fourth-order valence-electron chi connectivity index (χ4n) is 1.57. The van der Waals surface area contributed by atoms with E-state index in [1.165, 1.54) is 6.33 Å². The van der Waals surface area contributed by atoms with Crippen molar-refractivity contribution in [1.82, 2.24) is 9.97 Å². The summed E-state index contributed by atoms with van der Waals surface area (Å²) < 4.78 is 5.18. The summed E-state index contributed by atoms with van der Waals surface area (Å²) in [5.41, 5.74) is 1.14. The van der Waals surface area contributed by atoms with E-state index in [9.17, 15) is 0 Å². The molecule has 5 nitrogen and oxygen atoms in total. The van der Waals surface area contributed by atoms with Crippen molar-refractivity contribution in [1.29, 1.82) is 0 Å². The van der Waals surface area contributed by atoms with E-state index in [4.69, 9.17) is 4.74 Å². The van der Waals surface area contributed by atoms with Crippen LogP contribution >= 0.6 is 0 Å². The number of rotatable bonds is 5. The molecule has 0 bridgehead atoms. The molecule has 0 atom stereocenters. The van der Waals surface area contributed by atoms with E-state index in [0.717, 1.165) is 22.9 Å². The van der Waals surface area contributed by atoms with Crippen molar-refractivity contribution in [2.45, 2.75) is 6.54 Å². The summed E-state index contributed by atoms with van der Waals surface area (Å²) in [4.78, 5) is 8.21. The topological polar surface area (TPSA) is 59.1 Å². The number of nitrogens with zero attached hydrogens (tertiary/aromatic N) is 2. The summed E-state index contributed by atoms with van der Waals surface area (Å²) in [6.45, 7) is 0.692. The SMILES string of the molecule is CNc1cc(NCc2cccc(OC)c2)ncn1. The van der Waals surface area contributed by atoms with E-state index in [1.54, 1.807) is 7.11 Å². The van der Waals surface area contributed by atoms with Crippen LogP contribution < -0.4 is 15.4 Å². The molecule has 0 amide bonds. The summed E-state index contributed by atoms with van der Waals surface area (Å²) >= 11 is 0. The summed E-state index contributed by atoms with van der Waals surface area (Å²) in [5.74, 6) is 2.43. The molecule has 2 aromatic rings. The molecule has 0 saturated carbocycles. The Kier molecular flexibility index (Phi) is 3.96. The number of nitrogens with one attached hydrogen (secondary N) is 2. The first-order valence-corrected chi connectivity index (χ1v) is 5.68. The fraction of sp³-hybridized carbons (Fsp3) is 0.231. The smallest absolute Gasteiger partial charge is 0.131 e. The Hall–Kier alpha value is -2.30. The van der Waals surface area contributed by atoms with Gasteiger partial charge < -0.3 is 15.4 Å². The molecule has 0 saturated heterocycles. The van der Waals surface area contributed by atoms with Crippen LogP contribution in [0.2, 0.25) is 0 Å². The molecule has 0 aliphatic heterocycles. The standard InChI is InChI=1S/C13H16N4O/c1-14-12-7-13(17-9-16-12)15-8-10-4-3-5-11(6-10)18-2/h3-7,9H,8H2,1-2H3,(H2,14,15,16,17). The lowest BCUT2D eigenvalue weighted by Crippen LogP contribution is -2.03. The van der Waals surface area contributed by atoms with Crippen LogP contribution in [0.15, 0.2) is 36.7 Å². The molecule has 0 fully saturated rings. The minimum absolute atomic E-state index is 0.692. The highest BCUT2D eigenvalue weighted by molar-refractivity contribution is 5.46. The van der Waals surface area contributed by atoms with Gasteiger partial charge in [0.2, 0.25) is 0 Å². The van der Waals surface area contributed by atoms with Gasteiger partial charge in [0.1, 0.15) is 23.7 Å². The Balaban J connectivity index is 2.01. The van der Waals surface area contributed by atoms with Crippen molar-refractivity contribution in [3.63, 3.8) is 0 Å². The Bertz CT molecular complexity index is 468. The van der Waals surface area contributed by atoms with E-state index in [0.29, 0.717) is 6.54 Å². The molecule has 0 radical (unpaired) electrons. The number of hydrogen-bond acceptors (Lipinski definition) is 5. The monoisotopic (exact) mass is 244 g/mol. The van der Waals surface area contributed by atoms with Gasteiger partial charge in [-0.1, -0.05) is 12.1 Å². The number of ether oxygens (including phenoxy) is 1. The fourth-order valence-corrected chi connectivity index (χ4v) is 1.57. The molecule has 2 rings (SSSR count). The van der Waals surface area contributed by atoms with Gasteiger partial charge in [0.05, 0.1) is 7.11 Å². The van der Waals surface area contributed by atoms with Gasteiger partial charge in [-0.2, -0.15) is 0 Å². The first-order chi connectivity index (χ1) is 8.81. The second-order valence-electron chi connectivity index (χ2n) is 3.74. The second kappa shape index (κ2) is 5.86. The largest absolute Gasteiger partial charge is 0.497 e. The predicted octanol–water partition coefficient (Wildman–Crippen LogP) is 2.14. The molecular formula is C13H16N4O. The Morgan fingerprint density at radius 3 is 2.78 bits per heavy atom. The molecule has 1 aromatic heterocycles. The highest BCUT2D eigenvalue weighted by Gasteiger charge is 1.99. The van der Waals surface area contributed by atoms with E-state index in [2.05, 4.69) is 20.6 Å². The van der Waals surface area contributed by atoms with Crippen LogP contribution in [-0.4, -0.2) is 24.1 Å². The van der Waals surface area contributed by atoms with Crippen LogP contribution in [0, 0.1) is 0 Å². The second-order valence-corrected chi connectivity index (χ2v) is 3.74. The van der Waals surface area contributed by atoms with Gasteiger partial charge >= 0.3 is 0 Å². The quantitative estimate of drug-likeness (QED) is 0.843. The molecular weight excluding hydrogens is 228 g/mol. The molecule has 94 valence electrons. The van der Waals surface area contributed by atoms with Gasteiger partial charge in [-0.25, -0.2) is 9.97 Å². The molecule has 0 unspecified atom stereocenters. The van der Waals surface area contributed by atoms with Crippen LogP contribution in [0.1, 0.15) is 5.56 Å². The third-order valence-corrected chi connectivity index (χ3v) is 2.53. The van der Waals surface area contributed by atoms with Crippen molar-refractivity contribution in [3.8, 4) is 5.75 Å². The zero-order valence-corrected chi connectivity index (χ0v) is 10.5. The summed E-state index contributed by atoms with van der Waals surface area (Å²) in [7, 11) is 3.49. The lowest BCUT2D eigenvalue weighted by atomic mass is 10.2. The minimum atomic E-state index is 0.692. The van der Waals surface area contributed by atoms with E-state index >= 15 is 0 Å². The third-order valence-electron chi connectivity index (χ3n) is 2.53. The van der Waals surface area contributed by atoms with Crippen molar-refractivity contribution < 1.29 is 4.74 Å². The lowest BCUT2D eigenvalue weighted by molar-refractivity contribution is 0.414. The van der Waals surface area contributed by atoms with Crippen molar-refractivity contribution in [2.24, 2.45) is 0 Å². The zero-order valence-electron chi connectivity index (χ0n) is 10.5. The molecule has 0 aliphatic carbocycles. The average molecular weight is 244 g/mol. The Labute approximate surface area is 106 Å². The van der Waals surface area contributed by atoms with E-state index < -0.39 is 0 Å². The number of anilines is 2. The highest BCUT2D eigenvalue weighted by Crippen LogP contribution is 2.14. The van der Waals surface area contributed by atoms with Gasteiger partial charge in [0.25, 0.3) is 0 Å². The molecule has 2 N–H and O–H groups in total. The minimum Gasteiger partial charge on any atom is -0.497 e. The van der Waals surface area contributed by atoms with Crippen LogP contribution in [0.3, 0.4) is 0 Å². The summed E-state index contributed by atoms with van der Waals surface area (Å²) in [6, 6.07) is 9.78. The van der Waals surface area contributed by atoms with Gasteiger partial charge in [-0.3, -0.25) is 0 Å². The average Bonchev–Trinajstić information content (AvgIpc) is 2.45. The normalized spacial score (nSPS) is 9.89. The van der Waals surface area contributed by atoms with Crippen molar-refractivity contribution >= 4 is 11.6 Å². The molecule has 1 aromatic carbocycles. The van der Waals surface area contributed by atoms with Crippen LogP contribution in [0.25, 0.3) is 0 Å². The summed E-state index contributed by atoms with van der Waals surface area (Å²) in [6.07, 6.45) is 1.53. The van der Waals surface area contributed by atoms with Gasteiger partial charge in [-0.15, -0.1) is 0 Å². The van der Waals surface area contributed by atoms with Crippen LogP contribution in [-0.2, 0) is 6.54 Å². The highest BCUT2D eigenvalue weighted by atomic mass is 16.5. The van der Waals surface area contributed by atoms with E-state index in [1.807, 2.05) is 37.4 Å². The third kappa shape index (κ3) is 3.10. The first kappa shape index (κ1) is 12.2. The maximum absolute atomic E-state index is 5.18. The zero-order chi connectivity index (χ0) is 12.8. The Morgan fingerprint density at radius 1 is 1.17 bits per heavy atom. The molecule has 0 spiro atoms. The molecule has 18 heavy (non-hydrogen) atoms. The molecule has 1 heterocycles. The van der Waals surface area contributed by atoms with Gasteiger partial charge in [0.15, 0.2) is 0 Å². The molecule has 5 heteroatoms. The number of hydrogen-bond donors (Lipinski definition) is 2. The van der Waals surface area contributed by atoms with Gasteiger partial charge in [-0.05, 0) is 17.7 Å². The Morgan fingerprint density at radius 2 is 2.00 bits per heavy atom. The number of aromatic nitrogens is 2. The van der Waals surface area contributed by atoms with Crippen LogP contribution in [0.5, 0.6) is 5.75 Å². The van der Waals surface area contributed by atoms with Crippen molar-refractivity contribution in [2.75, 3.05) is 24.8 Å². The summed E-state index contributed by atoms with van der Waals surface area (Å²) in [5, 5.41) is 6.21. The molecule has 0 aliphatic rings. The maximum Gasteiger partial charge on any atom is 0.131 e. The number of methoxy groups -OCH3 is 1.